The summed E-state index contributed by atoms with van der Waals surface area (Å²) in [7, 11) is 0. The highest BCUT2D eigenvalue weighted by Gasteiger charge is 2.47. The molecule has 0 bridgehead atoms. The van der Waals surface area contributed by atoms with Gasteiger partial charge in [-0.2, -0.15) is 0 Å². The minimum absolute atomic E-state index is 0.125. The predicted molar refractivity (Wildman–Crippen MR) is 375 cm³/mol. The van der Waals surface area contributed by atoms with E-state index in [1.807, 2.05) is 6.08 Å². The van der Waals surface area contributed by atoms with Crippen molar-refractivity contribution < 1.29 is 49.3 Å². The van der Waals surface area contributed by atoms with Gasteiger partial charge in [0.05, 0.1) is 25.4 Å². The van der Waals surface area contributed by atoms with Crippen molar-refractivity contribution in [2.75, 3.05) is 13.2 Å². The Morgan fingerprint density at radius 1 is 0.438 bits per heavy atom. The normalized spacial score (nSPS) is 18.3. The van der Waals surface area contributed by atoms with E-state index in [4.69, 9.17) is 14.2 Å². The van der Waals surface area contributed by atoms with E-state index in [1.54, 1.807) is 6.08 Å². The molecule has 8 unspecified atom stereocenters. The molecule has 8 atom stereocenters. The fourth-order valence-corrected chi connectivity index (χ4v) is 12.2. The average Bonchev–Trinajstić information content (AvgIpc) is 3.20. The Kier molecular flexibility index (Phi) is 62.4. The lowest BCUT2D eigenvalue weighted by Gasteiger charge is -2.41. The van der Waals surface area contributed by atoms with Crippen LogP contribution in [0.5, 0.6) is 0 Å². The number of carbonyl (C=O) groups excluding carboxylic acids is 2. The smallest absolute Gasteiger partial charge is 0.306 e. The third kappa shape index (κ3) is 52.7. The van der Waals surface area contributed by atoms with Crippen LogP contribution in [0.25, 0.3) is 0 Å². The van der Waals surface area contributed by atoms with Crippen LogP contribution in [0.2, 0.25) is 0 Å². The SMILES string of the molecule is CCCCC/C=C\C/C=C\CCCCCCCCCCCCCCCC(=O)OC1C(OCC(NC(=O)C(O)CCCCCCCCCCCCCCCC/C=C/CCCCCCCC)C(O)/C=C/CCCCCCCCCCCCC)OC(CO)C(O)C1O. The van der Waals surface area contributed by atoms with Gasteiger partial charge >= 0.3 is 5.97 Å². The van der Waals surface area contributed by atoms with Gasteiger partial charge in [0, 0.05) is 6.42 Å². The van der Waals surface area contributed by atoms with Crippen LogP contribution in [-0.4, -0.2) is 99.6 Å². The Morgan fingerprint density at radius 3 is 1.18 bits per heavy atom. The molecule has 1 amide bonds. The van der Waals surface area contributed by atoms with Crippen molar-refractivity contribution in [2.45, 2.75) is 423 Å². The molecule has 6 N–H and O–H groups in total. The Balaban J connectivity index is 2.54. The lowest BCUT2D eigenvalue weighted by Crippen LogP contribution is -2.61. The van der Waals surface area contributed by atoms with Crippen molar-refractivity contribution in [3.05, 3.63) is 48.6 Å². The standard InChI is InChI=1S/C78H145NO10/c1-4-7-10-13-16-19-22-25-27-29-31-33-35-37-38-40-42-44-47-50-53-56-59-62-65-71(82)77(86)79-69(70(81)64-61-58-55-52-49-46-24-21-18-15-12-9-6-3)68-87-78-76(75(85)74(84)72(67-80)88-78)89-73(83)66-63-60-57-54-51-48-45-43-41-39-36-34-32-30-28-26-23-20-17-14-11-8-5-2/h17,20,25-28,61,64,69-72,74-76,78,80-82,84-85H,4-16,18-19,21-24,29-60,62-63,65-68H2,1-3H3,(H,79,86)/b20-17-,27-25+,28-26-,64-61+. The molecule has 1 aliphatic heterocycles. The monoisotopic (exact) mass is 1260 g/mol. The fraction of sp³-hybridized carbons (Fsp3) is 0.872. The van der Waals surface area contributed by atoms with Gasteiger partial charge in [0.25, 0.3) is 0 Å². The van der Waals surface area contributed by atoms with Gasteiger partial charge in [-0.25, -0.2) is 0 Å². The minimum atomic E-state index is -1.61. The first kappa shape index (κ1) is 84.6. The molecule has 1 aliphatic rings. The van der Waals surface area contributed by atoms with Crippen LogP contribution in [-0.2, 0) is 23.8 Å². The summed E-state index contributed by atoms with van der Waals surface area (Å²) in [5.41, 5.74) is 0. The second kappa shape index (κ2) is 65.7. The van der Waals surface area contributed by atoms with Crippen molar-refractivity contribution in [3.8, 4) is 0 Å². The largest absolute Gasteiger partial charge is 0.454 e. The molecule has 1 saturated heterocycles. The highest BCUT2D eigenvalue weighted by Crippen LogP contribution is 2.27. The Hall–Kier alpha value is -2.38. The summed E-state index contributed by atoms with van der Waals surface area (Å²) in [4.78, 5) is 26.8. The van der Waals surface area contributed by atoms with Gasteiger partial charge in [-0.05, 0) is 83.5 Å². The molecule has 0 radical (unpaired) electrons. The van der Waals surface area contributed by atoms with Crippen LogP contribution in [0.15, 0.2) is 48.6 Å². The van der Waals surface area contributed by atoms with E-state index in [-0.39, 0.29) is 13.0 Å². The molecule has 0 aromatic carbocycles. The first-order valence-corrected chi connectivity index (χ1v) is 38.4. The third-order valence-electron chi connectivity index (χ3n) is 18.2. The maximum Gasteiger partial charge on any atom is 0.306 e. The summed E-state index contributed by atoms with van der Waals surface area (Å²) >= 11 is 0. The number of allylic oxidation sites excluding steroid dienone is 7. The van der Waals surface area contributed by atoms with E-state index < -0.39 is 67.4 Å². The topological polar surface area (TPSA) is 175 Å². The van der Waals surface area contributed by atoms with Crippen molar-refractivity contribution in [1.82, 2.24) is 5.32 Å². The molecular formula is C78H145NO10. The summed E-state index contributed by atoms with van der Waals surface area (Å²) in [6.07, 6.45) is 73.0. The van der Waals surface area contributed by atoms with Crippen molar-refractivity contribution in [3.63, 3.8) is 0 Å². The predicted octanol–water partition coefficient (Wildman–Crippen LogP) is 20.3. The van der Waals surface area contributed by atoms with E-state index in [0.717, 1.165) is 64.2 Å². The summed E-state index contributed by atoms with van der Waals surface area (Å²) in [5, 5.41) is 57.4. The van der Waals surface area contributed by atoms with Crippen LogP contribution >= 0.6 is 0 Å². The van der Waals surface area contributed by atoms with E-state index in [2.05, 4.69) is 62.5 Å². The van der Waals surface area contributed by atoms with Gasteiger partial charge in [0.15, 0.2) is 12.4 Å². The Labute approximate surface area is 548 Å². The van der Waals surface area contributed by atoms with Crippen LogP contribution in [0.1, 0.15) is 374 Å². The van der Waals surface area contributed by atoms with Crippen molar-refractivity contribution in [2.24, 2.45) is 0 Å². The quantitative estimate of drug-likeness (QED) is 0.0195. The van der Waals surface area contributed by atoms with E-state index >= 15 is 0 Å². The van der Waals surface area contributed by atoms with Gasteiger partial charge in [-0.3, -0.25) is 9.59 Å². The van der Waals surface area contributed by atoms with Crippen LogP contribution in [0, 0.1) is 0 Å². The zero-order valence-corrected chi connectivity index (χ0v) is 58.3. The van der Waals surface area contributed by atoms with Crippen LogP contribution in [0.4, 0.5) is 0 Å². The maximum atomic E-state index is 13.5. The van der Waals surface area contributed by atoms with E-state index in [0.29, 0.717) is 19.3 Å². The van der Waals surface area contributed by atoms with Gasteiger partial charge in [-0.15, -0.1) is 0 Å². The third-order valence-corrected chi connectivity index (χ3v) is 18.2. The number of unbranched alkanes of at least 4 members (excludes halogenated alkanes) is 47. The molecule has 0 aliphatic carbocycles. The van der Waals surface area contributed by atoms with E-state index in [1.165, 1.54) is 263 Å². The number of ether oxygens (including phenoxy) is 3. The summed E-state index contributed by atoms with van der Waals surface area (Å²) in [5.74, 6) is -1.18. The number of hydrogen-bond donors (Lipinski definition) is 6. The second-order valence-corrected chi connectivity index (χ2v) is 26.7. The fourth-order valence-electron chi connectivity index (χ4n) is 12.2. The molecule has 11 heteroatoms. The lowest BCUT2D eigenvalue weighted by atomic mass is 9.99. The number of aliphatic hydroxyl groups is 5. The number of esters is 1. The van der Waals surface area contributed by atoms with Crippen molar-refractivity contribution in [1.29, 1.82) is 0 Å². The molecule has 1 heterocycles. The zero-order valence-electron chi connectivity index (χ0n) is 58.3. The minimum Gasteiger partial charge on any atom is -0.454 e. The molecule has 0 spiro atoms. The first-order chi connectivity index (χ1) is 43.7. The molecule has 522 valence electrons. The number of nitrogens with one attached hydrogen (secondary N) is 1. The highest BCUT2D eigenvalue weighted by molar-refractivity contribution is 5.80. The van der Waals surface area contributed by atoms with Crippen LogP contribution in [0.3, 0.4) is 0 Å². The number of rotatable bonds is 67. The Morgan fingerprint density at radius 2 is 0.775 bits per heavy atom. The molecule has 1 fully saturated rings. The zero-order chi connectivity index (χ0) is 64.6. The first-order valence-electron chi connectivity index (χ1n) is 38.4. The molecule has 0 aromatic rings. The molecule has 11 nitrogen and oxygen atoms in total. The van der Waals surface area contributed by atoms with Gasteiger partial charge < -0.3 is 45.1 Å². The number of carbonyl (C=O) groups is 2. The van der Waals surface area contributed by atoms with Gasteiger partial charge in [0.2, 0.25) is 5.91 Å². The molecule has 1 rings (SSSR count). The number of aliphatic hydroxyl groups excluding tert-OH is 5. The molecular weight excluding hydrogens is 1110 g/mol. The molecule has 0 aromatic heterocycles. The number of hydrogen-bond acceptors (Lipinski definition) is 10. The summed E-state index contributed by atoms with van der Waals surface area (Å²) in [6, 6.07) is -1.02. The Bertz CT molecular complexity index is 1640. The maximum absolute atomic E-state index is 13.5. The second-order valence-electron chi connectivity index (χ2n) is 26.7. The average molecular weight is 1260 g/mol. The van der Waals surface area contributed by atoms with Gasteiger partial charge in [-0.1, -0.05) is 333 Å². The summed E-state index contributed by atoms with van der Waals surface area (Å²) in [6.45, 7) is 5.83. The summed E-state index contributed by atoms with van der Waals surface area (Å²) < 4.78 is 17.7. The number of amides is 1. The van der Waals surface area contributed by atoms with Gasteiger partial charge in [0.1, 0.15) is 24.4 Å². The lowest BCUT2D eigenvalue weighted by molar-refractivity contribution is -0.305. The molecule has 89 heavy (non-hydrogen) atoms. The van der Waals surface area contributed by atoms with Crippen molar-refractivity contribution >= 4 is 11.9 Å². The highest BCUT2D eigenvalue weighted by atomic mass is 16.7. The molecule has 0 saturated carbocycles. The van der Waals surface area contributed by atoms with E-state index in [9.17, 15) is 35.1 Å². The van der Waals surface area contributed by atoms with Crippen LogP contribution < -0.4 is 5.32 Å².